The topological polar surface area (TPSA) is 50.5 Å². The zero-order valence-corrected chi connectivity index (χ0v) is 11.9. The molecule has 4 nitrogen and oxygen atoms in total. The lowest BCUT2D eigenvalue weighted by molar-refractivity contribution is -0.122. The van der Waals surface area contributed by atoms with Crippen LogP contribution in [0.1, 0.15) is 54.6 Å². The summed E-state index contributed by atoms with van der Waals surface area (Å²) in [7, 11) is 0. The third-order valence-electron chi connectivity index (χ3n) is 4.72. The van der Waals surface area contributed by atoms with Crippen LogP contribution in [0.5, 0.6) is 0 Å². The van der Waals surface area contributed by atoms with Crippen molar-refractivity contribution in [3.63, 3.8) is 0 Å². The maximum Gasteiger partial charge on any atom is 0.257 e. The van der Waals surface area contributed by atoms with Crippen molar-refractivity contribution in [2.75, 3.05) is 6.54 Å². The van der Waals surface area contributed by atoms with E-state index in [1.807, 2.05) is 11.8 Å². The highest BCUT2D eigenvalue weighted by atomic mass is 16.3. The van der Waals surface area contributed by atoms with Crippen molar-refractivity contribution in [1.82, 2.24) is 4.90 Å². The van der Waals surface area contributed by atoms with Crippen molar-refractivity contribution < 1.29 is 14.0 Å². The fourth-order valence-electron chi connectivity index (χ4n) is 3.64. The number of aryl methyl sites for hydroxylation is 1. The van der Waals surface area contributed by atoms with Crippen molar-refractivity contribution in [2.45, 2.75) is 51.5 Å². The van der Waals surface area contributed by atoms with Crippen LogP contribution in [0.25, 0.3) is 0 Å². The third kappa shape index (κ3) is 2.28. The molecule has 2 fully saturated rings. The Morgan fingerprint density at radius 1 is 1.30 bits per heavy atom. The Kier molecular flexibility index (Phi) is 3.64. The predicted octanol–water partition coefficient (Wildman–Crippen LogP) is 2.95. The van der Waals surface area contributed by atoms with E-state index in [2.05, 4.69) is 0 Å². The van der Waals surface area contributed by atoms with Crippen molar-refractivity contribution >= 4 is 11.7 Å². The summed E-state index contributed by atoms with van der Waals surface area (Å²) in [5, 5.41) is 0. The Hall–Kier alpha value is -1.58. The molecule has 1 saturated heterocycles. The number of ketones is 1. The van der Waals surface area contributed by atoms with Crippen molar-refractivity contribution in [1.29, 1.82) is 0 Å². The lowest BCUT2D eigenvalue weighted by Crippen LogP contribution is -2.48. The number of hydrogen-bond acceptors (Lipinski definition) is 3. The van der Waals surface area contributed by atoms with Gasteiger partial charge in [-0.3, -0.25) is 9.59 Å². The van der Waals surface area contributed by atoms with Gasteiger partial charge in [0.2, 0.25) is 0 Å². The first-order valence-corrected chi connectivity index (χ1v) is 7.56. The summed E-state index contributed by atoms with van der Waals surface area (Å²) in [6, 6.07) is 1.83. The summed E-state index contributed by atoms with van der Waals surface area (Å²) in [5.41, 5.74) is 0.641. The van der Waals surface area contributed by atoms with Gasteiger partial charge in [-0.25, -0.2) is 0 Å². The lowest BCUT2D eigenvalue weighted by atomic mass is 9.88. The molecule has 0 radical (unpaired) electrons. The van der Waals surface area contributed by atoms with E-state index in [0.29, 0.717) is 23.5 Å². The quantitative estimate of drug-likeness (QED) is 0.833. The molecule has 1 amide bonds. The van der Waals surface area contributed by atoms with E-state index < -0.39 is 0 Å². The molecule has 3 rings (SSSR count). The van der Waals surface area contributed by atoms with Crippen LogP contribution in [0.3, 0.4) is 0 Å². The number of nitrogens with zero attached hydrogens (tertiary/aromatic N) is 1. The van der Waals surface area contributed by atoms with Gasteiger partial charge in [-0.2, -0.15) is 0 Å². The number of hydrogen-bond donors (Lipinski definition) is 0. The second-order valence-corrected chi connectivity index (χ2v) is 5.92. The van der Waals surface area contributed by atoms with Gasteiger partial charge < -0.3 is 9.32 Å². The molecule has 2 heterocycles. The van der Waals surface area contributed by atoms with E-state index in [9.17, 15) is 9.59 Å². The van der Waals surface area contributed by atoms with Crippen LogP contribution >= 0.6 is 0 Å². The first kappa shape index (κ1) is 13.4. The Morgan fingerprint density at radius 3 is 2.80 bits per heavy atom. The molecule has 20 heavy (non-hydrogen) atoms. The Morgan fingerprint density at radius 2 is 2.15 bits per heavy atom. The second-order valence-electron chi connectivity index (χ2n) is 5.92. The average molecular weight is 275 g/mol. The fourth-order valence-corrected chi connectivity index (χ4v) is 3.64. The number of carbonyl (C=O) groups excluding carboxylic acids is 2. The molecule has 1 saturated carbocycles. The van der Waals surface area contributed by atoms with E-state index >= 15 is 0 Å². The van der Waals surface area contributed by atoms with Gasteiger partial charge in [-0.15, -0.1) is 0 Å². The molecule has 108 valence electrons. The summed E-state index contributed by atoms with van der Waals surface area (Å²) in [6.45, 7) is 2.57. The number of likely N-dealkylation sites (tertiary alicyclic amines) is 1. The molecular weight excluding hydrogens is 254 g/mol. The zero-order chi connectivity index (χ0) is 14.1. The fraction of sp³-hybridized carbons (Fsp3) is 0.625. The van der Waals surface area contributed by atoms with Crippen molar-refractivity contribution in [2.24, 2.45) is 5.92 Å². The molecule has 1 aliphatic heterocycles. The standard InChI is InChI=1S/C16H21NO3/c1-11-12(8-10-20-11)16(19)17-9-3-2-6-14(17)13-5-4-7-15(13)18/h8,10,13-14H,2-7,9H2,1H3. The van der Waals surface area contributed by atoms with Crippen molar-refractivity contribution in [3.8, 4) is 0 Å². The highest BCUT2D eigenvalue weighted by Crippen LogP contribution is 2.33. The molecule has 2 unspecified atom stereocenters. The van der Waals surface area contributed by atoms with Gasteiger partial charge in [0.15, 0.2) is 0 Å². The molecule has 2 atom stereocenters. The number of amides is 1. The number of piperidine rings is 1. The monoisotopic (exact) mass is 275 g/mol. The number of carbonyl (C=O) groups is 2. The smallest absolute Gasteiger partial charge is 0.257 e. The molecule has 1 aliphatic carbocycles. The molecule has 0 aromatic carbocycles. The number of Topliss-reactive ketones (excluding diaryl/α,β-unsaturated/α-hetero) is 1. The minimum Gasteiger partial charge on any atom is -0.469 e. The van der Waals surface area contributed by atoms with Gasteiger partial charge in [-0.05, 0) is 45.1 Å². The molecule has 1 aromatic rings. The second kappa shape index (κ2) is 5.43. The summed E-state index contributed by atoms with van der Waals surface area (Å²) in [5.74, 6) is 1.10. The summed E-state index contributed by atoms with van der Waals surface area (Å²) < 4.78 is 5.24. The first-order valence-electron chi connectivity index (χ1n) is 7.56. The largest absolute Gasteiger partial charge is 0.469 e. The van der Waals surface area contributed by atoms with Crippen LogP contribution in [-0.2, 0) is 4.79 Å². The van der Waals surface area contributed by atoms with Crippen LogP contribution in [0.15, 0.2) is 16.7 Å². The van der Waals surface area contributed by atoms with Crippen LogP contribution in [-0.4, -0.2) is 29.2 Å². The Labute approximate surface area is 119 Å². The molecule has 0 N–H and O–H groups in total. The van der Waals surface area contributed by atoms with E-state index in [0.717, 1.165) is 38.6 Å². The van der Waals surface area contributed by atoms with Gasteiger partial charge in [-0.1, -0.05) is 0 Å². The van der Waals surface area contributed by atoms with Crippen LogP contribution in [0.2, 0.25) is 0 Å². The van der Waals surface area contributed by atoms with E-state index in [1.165, 1.54) is 0 Å². The molecule has 1 aromatic heterocycles. The molecular formula is C16H21NO3. The molecule has 0 bridgehead atoms. The maximum atomic E-state index is 12.7. The van der Waals surface area contributed by atoms with Crippen LogP contribution < -0.4 is 0 Å². The highest BCUT2D eigenvalue weighted by Gasteiger charge is 2.39. The van der Waals surface area contributed by atoms with Gasteiger partial charge in [0.05, 0.1) is 11.8 Å². The Bertz CT molecular complexity index is 520. The lowest BCUT2D eigenvalue weighted by Gasteiger charge is -2.38. The van der Waals surface area contributed by atoms with Gasteiger partial charge >= 0.3 is 0 Å². The van der Waals surface area contributed by atoms with Gasteiger partial charge in [0.1, 0.15) is 11.5 Å². The molecule has 4 heteroatoms. The Balaban J connectivity index is 1.84. The van der Waals surface area contributed by atoms with Gasteiger partial charge in [0, 0.05) is 24.9 Å². The average Bonchev–Trinajstić information content (AvgIpc) is 3.06. The SMILES string of the molecule is Cc1occc1C(=O)N1CCCCC1C1CCCC1=O. The van der Waals surface area contributed by atoms with E-state index in [-0.39, 0.29) is 17.9 Å². The van der Waals surface area contributed by atoms with Crippen molar-refractivity contribution in [3.05, 3.63) is 23.7 Å². The minimum absolute atomic E-state index is 0.0284. The number of furan rings is 1. The van der Waals surface area contributed by atoms with Crippen LogP contribution in [0.4, 0.5) is 0 Å². The molecule has 2 aliphatic rings. The molecule has 0 spiro atoms. The summed E-state index contributed by atoms with van der Waals surface area (Å²) in [6.07, 6.45) is 7.27. The third-order valence-corrected chi connectivity index (χ3v) is 4.72. The highest BCUT2D eigenvalue weighted by molar-refractivity contribution is 5.96. The van der Waals surface area contributed by atoms with E-state index in [4.69, 9.17) is 4.42 Å². The van der Waals surface area contributed by atoms with Gasteiger partial charge in [0.25, 0.3) is 5.91 Å². The van der Waals surface area contributed by atoms with Crippen LogP contribution in [0, 0.1) is 12.8 Å². The minimum atomic E-state index is 0.0284. The first-order chi connectivity index (χ1) is 9.68. The maximum absolute atomic E-state index is 12.7. The van der Waals surface area contributed by atoms with E-state index in [1.54, 1.807) is 12.3 Å². The zero-order valence-electron chi connectivity index (χ0n) is 11.9. The summed E-state index contributed by atoms with van der Waals surface area (Å²) >= 11 is 0. The normalized spacial score (nSPS) is 27.1. The predicted molar refractivity (Wildman–Crippen MR) is 74.5 cm³/mol. The number of rotatable bonds is 2. The summed E-state index contributed by atoms with van der Waals surface area (Å²) in [4.78, 5) is 26.7.